The predicted molar refractivity (Wildman–Crippen MR) is 120 cm³/mol. The molecule has 1 aromatic carbocycles. The fourth-order valence-corrected chi connectivity index (χ4v) is 3.54. The second kappa shape index (κ2) is 14.8. The van der Waals surface area contributed by atoms with Crippen LogP contribution in [0.15, 0.2) is 24.3 Å². The van der Waals surface area contributed by atoms with E-state index in [1.807, 2.05) is 19.1 Å². The average molecular weight is 435 g/mol. The second-order valence-corrected chi connectivity index (χ2v) is 7.11. The van der Waals surface area contributed by atoms with Crippen LogP contribution in [0.4, 0.5) is 5.69 Å². The van der Waals surface area contributed by atoms with Gasteiger partial charge in [0.1, 0.15) is 5.75 Å². The van der Waals surface area contributed by atoms with Crippen molar-refractivity contribution >= 4 is 36.5 Å². The van der Waals surface area contributed by atoms with Gasteiger partial charge in [0.15, 0.2) is 0 Å². The van der Waals surface area contributed by atoms with Crippen LogP contribution >= 0.6 is 24.8 Å². The van der Waals surface area contributed by atoms with Gasteiger partial charge < -0.3 is 14.4 Å². The lowest BCUT2D eigenvalue weighted by atomic mass is 10.0. The zero-order valence-electron chi connectivity index (χ0n) is 17.4. The Labute approximate surface area is 182 Å². The quantitative estimate of drug-likeness (QED) is 0.402. The van der Waals surface area contributed by atoms with Crippen LogP contribution in [0.3, 0.4) is 0 Å². The van der Waals surface area contributed by atoms with E-state index in [4.69, 9.17) is 9.47 Å². The topological polar surface area (TPSA) is 42.0 Å². The van der Waals surface area contributed by atoms with E-state index in [9.17, 15) is 4.79 Å². The maximum absolute atomic E-state index is 11.5. The van der Waals surface area contributed by atoms with Crippen molar-refractivity contribution in [1.82, 2.24) is 4.90 Å². The number of methoxy groups -OCH3 is 1. The molecule has 5 nitrogen and oxygen atoms in total. The van der Waals surface area contributed by atoms with Gasteiger partial charge in [-0.05, 0) is 37.9 Å². The number of hydrogen-bond acceptors (Lipinski definition) is 5. The Bertz CT molecular complexity index is 552. The Balaban J connectivity index is 0.00000364. The van der Waals surface area contributed by atoms with Crippen LogP contribution in [-0.2, 0) is 9.53 Å². The van der Waals surface area contributed by atoms with Gasteiger partial charge in [-0.2, -0.15) is 0 Å². The number of carbonyl (C=O) groups is 1. The highest BCUT2D eigenvalue weighted by Crippen LogP contribution is 2.28. The molecule has 0 amide bonds. The number of para-hydroxylation sites is 2. The van der Waals surface area contributed by atoms with E-state index in [1.54, 1.807) is 7.11 Å². The summed E-state index contributed by atoms with van der Waals surface area (Å²) in [6.07, 6.45) is 4.01. The van der Waals surface area contributed by atoms with E-state index in [-0.39, 0.29) is 30.8 Å². The zero-order valence-corrected chi connectivity index (χ0v) is 19.0. The summed E-state index contributed by atoms with van der Waals surface area (Å²) >= 11 is 0. The summed E-state index contributed by atoms with van der Waals surface area (Å²) in [5, 5.41) is 0. The number of hydrogen-bond donors (Lipinski definition) is 0. The average Bonchev–Trinajstić information content (AvgIpc) is 2.66. The van der Waals surface area contributed by atoms with Crippen molar-refractivity contribution in [2.45, 2.75) is 39.5 Å². The molecule has 0 N–H and O–H groups in total. The Hall–Kier alpha value is -1.17. The molecule has 1 heterocycles. The number of esters is 1. The van der Waals surface area contributed by atoms with Crippen molar-refractivity contribution in [1.29, 1.82) is 0 Å². The number of ether oxygens (including phenoxy) is 2. The molecule has 1 aliphatic heterocycles. The summed E-state index contributed by atoms with van der Waals surface area (Å²) in [6.45, 7) is 9.89. The van der Waals surface area contributed by atoms with Crippen LogP contribution in [-0.4, -0.2) is 57.3 Å². The summed E-state index contributed by atoms with van der Waals surface area (Å²) < 4.78 is 10.5. The first kappa shape index (κ1) is 26.8. The number of benzene rings is 1. The fraction of sp³-hybridized carbons (Fsp3) is 0.667. The molecule has 0 aromatic heterocycles. The van der Waals surface area contributed by atoms with Crippen molar-refractivity contribution in [3.63, 3.8) is 0 Å². The van der Waals surface area contributed by atoms with Crippen molar-refractivity contribution < 1.29 is 14.3 Å². The molecule has 7 heteroatoms. The molecular formula is C21H36Cl2N2O3. The van der Waals surface area contributed by atoms with Gasteiger partial charge in [-0.1, -0.05) is 31.9 Å². The summed E-state index contributed by atoms with van der Waals surface area (Å²) in [5.41, 5.74) is 1.20. The van der Waals surface area contributed by atoms with Crippen molar-refractivity contribution in [2.24, 2.45) is 5.92 Å². The third-order valence-corrected chi connectivity index (χ3v) is 5.04. The van der Waals surface area contributed by atoms with Gasteiger partial charge in [-0.3, -0.25) is 9.69 Å². The molecule has 0 aliphatic carbocycles. The molecule has 1 unspecified atom stereocenters. The van der Waals surface area contributed by atoms with Crippen LogP contribution in [0.2, 0.25) is 0 Å². The van der Waals surface area contributed by atoms with Gasteiger partial charge >= 0.3 is 5.97 Å². The van der Waals surface area contributed by atoms with Crippen molar-refractivity contribution in [3.8, 4) is 5.75 Å². The second-order valence-electron chi connectivity index (χ2n) is 7.11. The van der Waals surface area contributed by atoms with Crippen molar-refractivity contribution in [3.05, 3.63) is 24.3 Å². The highest BCUT2D eigenvalue weighted by atomic mass is 35.5. The first-order chi connectivity index (χ1) is 12.6. The molecule has 1 fully saturated rings. The molecule has 28 heavy (non-hydrogen) atoms. The standard InChI is InChI=1S/C21H34N2O3.2ClH/c1-4-26-21(24)17-18(2)9-7-8-12-22-13-15-23(16-14-22)19-10-5-6-11-20(19)25-3;;/h5-6,10-11,18H,4,7-9,12-17H2,1-3H3;2*1H. The lowest BCUT2D eigenvalue weighted by Crippen LogP contribution is -2.46. The SMILES string of the molecule is CCOC(=O)CC(C)CCCCN1CCN(c2ccccc2OC)CC1.Cl.Cl. The largest absolute Gasteiger partial charge is 0.495 e. The van der Waals surface area contributed by atoms with Crippen LogP contribution in [0.25, 0.3) is 0 Å². The molecule has 162 valence electrons. The maximum atomic E-state index is 11.5. The van der Waals surface area contributed by atoms with Gasteiger partial charge in [0.25, 0.3) is 0 Å². The van der Waals surface area contributed by atoms with Gasteiger partial charge in [-0.25, -0.2) is 0 Å². The fourth-order valence-electron chi connectivity index (χ4n) is 3.54. The van der Waals surface area contributed by atoms with E-state index in [0.29, 0.717) is 18.9 Å². The number of piperazine rings is 1. The van der Waals surface area contributed by atoms with Gasteiger partial charge in [0.05, 0.1) is 19.4 Å². The first-order valence-electron chi connectivity index (χ1n) is 9.90. The number of carbonyl (C=O) groups excluding carboxylic acids is 1. The Morgan fingerprint density at radius 3 is 2.43 bits per heavy atom. The van der Waals surface area contributed by atoms with Crippen LogP contribution in [0.5, 0.6) is 5.75 Å². The summed E-state index contributed by atoms with van der Waals surface area (Å²) in [7, 11) is 1.73. The van der Waals surface area contributed by atoms with E-state index in [1.165, 1.54) is 18.5 Å². The number of halogens is 2. The lowest BCUT2D eigenvalue weighted by Gasteiger charge is -2.36. The zero-order chi connectivity index (χ0) is 18.8. The highest BCUT2D eigenvalue weighted by molar-refractivity contribution is 5.85. The van der Waals surface area contributed by atoms with Gasteiger partial charge in [0.2, 0.25) is 0 Å². The van der Waals surface area contributed by atoms with Crippen molar-refractivity contribution in [2.75, 3.05) is 51.3 Å². The number of unbranched alkanes of at least 4 members (excludes halogenated alkanes) is 1. The number of nitrogens with zero attached hydrogens (tertiary/aromatic N) is 2. The van der Waals surface area contributed by atoms with Gasteiger partial charge in [-0.15, -0.1) is 24.8 Å². The maximum Gasteiger partial charge on any atom is 0.306 e. The summed E-state index contributed by atoms with van der Waals surface area (Å²) in [5.74, 6) is 1.31. The molecule has 1 aliphatic rings. The Morgan fingerprint density at radius 2 is 1.79 bits per heavy atom. The van der Waals surface area contributed by atoms with Crippen LogP contribution < -0.4 is 9.64 Å². The molecule has 1 saturated heterocycles. The van der Waals surface area contributed by atoms with E-state index in [0.717, 1.165) is 44.9 Å². The number of anilines is 1. The predicted octanol–water partition coefficient (Wildman–Crippen LogP) is 4.42. The van der Waals surface area contributed by atoms with Crippen LogP contribution in [0, 0.1) is 5.92 Å². The third-order valence-electron chi connectivity index (χ3n) is 5.04. The minimum Gasteiger partial charge on any atom is -0.495 e. The molecule has 0 saturated carbocycles. The molecule has 0 spiro atoms. The molecule has 0 radical (unpaired) electrons. The summed E-state index contributed by atoms with van der Waals surface area (Å²) in [4.78, 5) is 16.4. The van der Waals surface area contributed by atoms with E-state index < -0.39 is 0 Å². The number of rotatable bonds is 10. The first-order valence-corrected chi connectivity index (χ1v) is 9.90. The van der Waals surface area contributed by atoms with Crippen LogP contribution in [0.1, 0.15) is 39.5 Å². The smallest absolute Gasteiger partial charge is 0.306 e. The van der Waals surface area contributed by atoms with E-state index in [2.05, 4.69) is 28.9 Å². The minimum absolute atomic E-state index is 0. The molecule has 1 atom stereocenters. The Kier molecular flexibility index (Phi) is 14.2. The van der Waals surface area contributed by atoms with E-state index >= 15 is 0 Å². The normalized spacial score (nSPS) is 15.2. The molecule has 1 aromatic rings. The summed E-state index contributed by atoms with van der Waals surface area (Å²) in [6, 6.07) is 8.25. The molecular weight excluding hydrogens is 399 g/mol. The highest BCUT2D eigenvalue weighted by Gasteiger charge is 2.19. The monoisotopic (exact) mass is 434 g/mol. The third kappa shape index (κ3) is 8.89. The Morgan fingerprint density at radius 1 is 1.11 bits per heavy atom. The van der Waals surface area contributed by atoms with Gasteiger partial charge in [0, 0.05) is 32.6 Å². The molecule has 2 rings (SSSR count). The molecule has 0 bridgehead atoms. The minimum atomic E-state index is -0.0625. The lowest BCUT2D eigenvalue weighted by molar-refractivity contribution is -0.144.